The van der Waals surface area contributed by atoms with Gasteiger partial charge in [0, 0.05) is 26.3 Å². The van der Waals surface area contributed by atoms with Gasteiger partial charge in [0.1, 0.15) is 0 Å². The van der Waals surface area contributed by atoms with Crippen molar-refractivity contribution < 1.29 is 23.4 Å². The first-order chi connectivity index (χ1) is 20.2. The molecule has 2 amide bonds. The van der Waals surface area contributed by atoms with Crippen LogP contribution in [-0.2, 0) is 10.0 Å². The summed E-state index contributed by atoms with van der Waals surface area (Å²) in [6.07, 6.45) is 8.58. The number of carbonyl (C=O) groups is 1. The van der Waals surface area contributed by atoms with Gasteiger partial charge in [0.2, 0.25) is 0 Å². The first-order valence-corrected chi connectivity index (χ1v) is 18.2. The second kappa shape index (κ2) is 12.2. The van der Waals surface area contributed by atoms with Gasteiger partial charge >= 0.3 is 6.03 Å². The summed E-state index contributed by atoms with van der Waals surface area (Å²) >= 11 is 0. The lowest BCUT2D eigenvalue weighted by Crippen LogP contribution is -2.62. The monoisotopic (exact) mass is 617 g/mol. The van der Waals surface area contributed by atoms with Crippen LogP contribution in [0.5, 0.6) is 0 Å². The topological polar surface area (TPSA) is 119 Å². The molecular formula is C34H55N3O5S. The summed E-state index contributed by atoms with van der Waals surface area (Å²) < 4.78 is 27.8. The third kappa shape index (κ3) is 5.83. The van der Waals surface area contributed by atoms with Crippen molar-refractivity contribution in [2.75, 3.05) is 25.5 Å². The van der Waals surface area contributed by atoms with E-state index in [1.54, 1.807) is 12.1 Å². The molecule has 11 atom stereocenters. The fourth-order valence-corrected chi connectivity index (χ4v) is 11.7. The third-order valence-corrected chi connectivity index (χ3v) is 14.2. The molecule has 0 saturated heterocycles. The Labute approximate surface area is 259 Å². The van der Waals surface area contributed by atoms with Gasteiger partial charge in [-0.1, -0.05) is 40.2 Å². The highest BCUT2D eigenvalue weighted by Crippen LogP contribution is 2.69. The van der Waals surface area contributed by atoms with Crippen molar-refractivity contribution in [3.63, 3.8) is 0 Å². The van der Waals surface area contributed by atoms with Crippen LogP contribution in [0, 0.1) is 52.3 Å². The molecular weight excluding hydrogens is 562 g/mol. The van der Waals surface area contributed by atoms with Gasteiger partial charge < -0.3 is 20.4 Å². The molecule has 0 aromatic heterocycles. The summed E-state index contributed by atoms with van der Waals surface area (Å²) in [4.78, 5) is 14.5. The van der Waals surface area contributed by atoms with Crippen LogP contribution in [-0.4, -0.2) is 57.5 Å². The number of rotatable bonds is 8. The lowest BCUT2D eigenvalue weighted by atomic mass is 9.41. The minimum atomic E-state index is -3.97. The first kappa shape index (κ1) is 32.6. The molecule has 43 heavy (non-hydrogen) atoms. The van der Waals surface area contributed by atoms with Crippen LogP contribution >= 0.6 is 0 Å². The number of hydrogen-bond donors (Lipinski definition) is 4. The Morgan fingerprint density at radius 1 is 1.05 bits per heavy atom. The number of benzene rings is 1. The Kier molecular flexibility index (Phi) is 9.21. The summed E-state index contributed by atoms with van der Waals surface area (Å²) in [6.45, 7) is 9.84. The number of aliphatic hydroxyl groups is 2. The molecule has 8 nitrogen and oxygen atoms in total. The van der Waals surface area contributed by atoms with Crippen LogP contribution in [0.15, 0.2) is 29.2 Å². The Bertz CT molecular complexity index is 1270. The van der Waals surface area contributed by atoms with E-state index >= 15 is 0 Å². The summed E-state index contributed by atoms with van der Waals surface area (Å²) in [5.74, 6) is 2.85. The maximum Gasteiger partial charge on any atom is 0.328 e. The lowest BCUT2D eigenvalue weighted by Gasteiger charge is -2.64. The van der Waals surface area contributed by atoms with E-state index in [9.17, 15) is 23.4 Å². The van der Waals surface area contributed by atoms with Crippen molar-refractivity contribution in [2.24, 2.45) is 52.3 Å². The van der Waals surface area contributed by atoms with E-state index in [0.717, 1.165) is 57.1 Å². The van der Waals surface area contributed by atoms with Gasteiger partial charge in [-0.15, -0.1) is 0 Å². The Morgan fingerprint density at radius 3 is 2.44 bits per heavy atom. The van der Waals surface area contributed by atoms with E-state index in [2.05, 4.69) is 37.7 Å². The summed E-state index contributed by atoms with van der Waals surface area (Å²) in [6, 6.07) is 5.82. The first-order valence-electron chi connectivity index (χ1n) is 16.7. The van der Waals surface area contributed by atoms with Gasteiger partial charge in [0.05, 0.1) is 17.1 Å². The van der Waals surface area contributed by atoms with E-state index in [1.165, 1.54) is 12.5 Å². The van der Waals surface area contributed by atoms with Crippen molar-refractivity contribution in [1.29, 1.82) is 0 Å². The molecule has 4 aliphatic carbocycles. The number of hydrogen-bond acceptors (Lipinski definition) is 6. The molecule has 1 aromatic rings. The maximum atomic E-state index is 12.8. The van der Waals surface area contributed by atoms with Crippen LogP contribution in [0.1, 0.15) is 85.5 Å². The second-order valence-electron chi connectivity index (χ2n) is 15.1. The predicted molar refractivity (Wildman–Crippen MR) is 170 cm³/mol. The van der Waals surface area contributed by atoms with Crippen molar-refractivity contribution in [3.05, 3.63) is 24.3 Å². The van der Waals surface area contributed by atoms with Crippen molar-refractivity contribution in [3.8, 4) is 0 Å². The van der Waals surface area contributed by atoms with E-state index in [4.69, 9.17) is 0 Å². The smallest absolute Gasteiger partial charge is 0.328 e. The minimum Gasteiger partial charge on any atom is -0.393 e. The molecule has 4 aliphatic rings. The van der Waals surface area contributed by atoms with Gasteiger partial charge in [0.25, 0.3) is 10.0 Å². The number of amides is 2. The highest BCUT2D eigenvalue weighted by molar-refractivity contribution is 7.90. The Morgan fingerprint density at radius 2 is 1.74 bits per heavy atom. The van der Waals surface area contributed by atoms with Crippen LogP contribution in [0.2, 0.25) is 0 Å². The Balaban J connectivity index is 1.21. The van der Waals surface area contributed by atoms with E-state index in [-0.39, 0.29) is 33.9 Å². The van der Waals surface area contributed by atoms with Crippen LogP contribution in [0.4, 0.5) is 10.5 Å². The molecule has 0 bridgehead atoms. The number of nitrogens with one attached hydrogen (secondary N) is 2. The maximum absolute atomic E-state index is 12.8. The lowest BCUT2D eigenvalue weighted by molar-refractivity contribution is -0.203. The molecule has 9 heteroatoms. The van der Waals surface area contributed by atoms with Gasteiger partial charge in [0.15, 0.2) is 0 Å². The molecule has 0 radical (unpaired) electrons. The zero-order chi connectivity index (χ0) is 31.3. The minimum absolute atomic E-state index is 0.0579. The quantitative estimate of drug-likeness (QED) is 0.311. The molecule has 4 saturated carbocycles. The van der Waals surface area contributed by atoms with Crippen molar-refractivity contribution in [1.82, 2.24) is 10.0 Å². The Hall–Kier alpha value is -1.84. The fourth-order valence-electron chi connectivity index (χ4n) is 10.7. The second-order valence-corrected chi connectivity index (χ2v) is 16.8. The summed E-state index contributed by atoms with van der Waals surface area (Å²) in [5.41, 5.74) is 1.09. The standard InChI is InChI=1S/C34H55N3O5S/c1-7-25-29-20-23(38)13-16-34(29,4)28-14-17-33(3)26(11-12-27(33)30(28)31(25)39)21(2)15-18-35-32(40)36-43(41,42)24-10-8-9-22(19-24)37(5)6/h8-10,19,21,23,25-31,38-39H,7,11-18,20H2,1-6H3,(H2,35,36,40)/t21-,23-,25-,26-,27+,28+,29?,30?,31-,33?,34+/m1/s1. The van der Waals surface area contributed by atoms with Crippen molar-refractivity contribution >= 4 is 21.7 Å². The zero-order valence-electron chi connectivity index (χ0n) is 27.1. The van der Waals surface area contributed by atoms with Gasteiger partial charge in [-0.05, 0) is 122 Å². The zero-order valence-corrected chi connectivity index (χ0v) is 27.9. The number of aliphatic hydroxyl groups excluding tert-OH is 2. The third-order valence-electron chi connectivity index (χ3n) is 12.9. The van der Waals surface area contributed by atoms with E-state index in [0.29, 0.717) is 42.1 Å². The number of carbonyl (C=O) groups excluding carboxylic acids is 1. The van der Waals surface area contributed by atoms with Crippen molar-refractivity contribution in [2.45, 2.75) is 103 Å². The van der Waals surface area contributed by atoms with E-state index in [1.807, 2.05) is 25.1 Å². The highest BCUT2D eigenvalue weighted by atomic mass is 32.2. The summed E-state index contributed by atoms with van der Waals surface area (Å²) in [5, 5.41) is 25.3. The molecule has 4 fully saturated rings. The van der Waals surface area contributed by atoms with Gasteiger partial charge in [-0.3, -0.25) is 0 Å². The molecule has 5 rings (SSSR count). The van der Waals surface area contributed by atoms with E-state index < -0.39 is 16.1 Å². The van der Waals surface area contributed by atoms with Crippen LogP contribution in [0.25, 0.3) is 0 Å². The number of sulfonamides is 1. The number of urea groups is 1. The van der Waals surface area contributed by atoms with Crippen LogP contribution in [0.3, 0.4) is 0 Å². The highest BCUT2D eigenvalue weighted by Gasteiger charge is 2.64. The number of nitrogens with zero attached hydrogens (tertiary/aromatic N) is 1. The van der Waals surface area contributed by atoms with Crippen LogP contribution < -0.4 is 14.9 Å². The molecule has 1 aromatic carbocycles. The normalized spacial score (nSPS) is 39.6. The molecule has 3 unspecified atom stereocenters. The molecule has 0 heterocycles. The largest absolute Gasteiger partial charge is 0.393 e. The SMILES string of the molecule is CC[C@@H]1C2C[C@H](O)CC[C@@]2(C)[C@H]2CCC3(C)[C@@H]([C@H](C)CCNC(=O)NS(=O)(=O)c4cccc(N(C)C)c4)CC[C@H]3C2[C@@H]1O. The average Bonchev–Trinajstić information content (AvgIpc) is 3.31. The fraction of sp³-hybridized carbons (Fsp3) is 0.794. The molecule has 0 aliphatic heterocycles. The molecule has 0 spiro atoms. The van der Waals surface area contributed by atoms with Gasteiger partial charge in [-0.25, -0.2) is 17.9 Å². The van der Waals surface area contributed by atoms with Gasteiger partial charge in [-0.2, -0.15) is 0 Å². The number of fused-ring (bicyclic) bond motifs is 5. The average molecular weight is 618 g/mol. The predicted octanol–water partition coefficient (Wildman–Crippen LogP) is 5.39. The number of anilines is 1. The summed E-state index contributed by atoms with van der Waals surface area (Å²) in [7, 11) is -0.301. The molecule has 4 N–H and O–H groups in total. The molecule has 242 valence electrons.